The molecule has 0 aromatic heterocycles. The molecule has 1 aliphatic rings. The number of morpholine rings is 1. The fourth-order valence-electron chi connectivity index (χ4n) is 2.35. The summed E-state index contributed by atoms with van der Waals surface area (Å²) in [6.45, 7) is 6.18. The molecular weight excluding hydrogens is 308 g/mol. The number of rotatable bonds is 3. The minimum atomic E-state index is -0.507. The molecule has 1 saturated heterocycles. The van der Waals surface area contributed by atoms with Gasteiger partial charge in [0, 0.05) is 24.1 Å². The Labute approximate surface area is 122 Å². The van der Waals surface area contributed by atoms with E-state index in [1.807, 2.05) is 6.92 Å². The minimum absolute atomic E-state index is 0.0236. The number of ether oxygens (including phenoxy) is 1. The number of nitrogens with two attached hydrogens (primary N) is 1. The monoisotopic (exact) mass is 326 g/mol. The molecule has 2 rings (SSSR count). The first-order chi connectivity index (χ1) is 8.95. The first kappa shape index (κ1) is 14.5. The molecule has 0 bridgehead atoms. The van der Waals surface area contributed by atoms with Gasteiger partial charge in [0.15, 0.2) is 0 Å². The predicted octanol–water partition coefficient (Wildman–Crippen LogP) is 1.83. The standard InChI is InChI=1S/C14H19BrN2O2/c1-9-3-4-11(12(15)5-9)7-17-6-10(2)19-13(8-17)14(16)18/h3-5,10,13H,6-8H2,1-2H3,(H2,16,18)/t10-,13-/m1/s1. The number of carbonyl (C=O) groups is 1. The Bertz CT molecular complexity index is 479. The topological polar surface area (TPSA) is 55.6 Å². The van der Waals surface area contributed by atoms with E-state index in [4.69, 9.17) is 10.5 Å². The SMILES string of the molecule is Cc1ccc(CN2C[C@@H](C)O[C@@H](C(N)=O)C2)c(Br)c1. The summed E-state index contributed by atoms with van der Waals surface area (Å²) in [6, 6.07) is 6.30. The molecule has 1 aliphatic heterocycles. The second-order valence-electron chi connectivity index (χ2n) is 5.13. The Morgan fingerprint density at radius 3 is 2.89 bits per heavy atom. The van der Waals surface area contributed by atoms with Crippen molar-refractivity contribution < 1.29 is 9.53 Å². The zero-order valence-corrected chi connectivity index (χ0v) is 12.8. The van der Waals surface area contributed by atoms with Gasteiger partial charge in [-0.25, -0.2) is 0 Å². The first-order valence-electron chi connectivity index (χ1n) is 6.38. The highest BCUT2D eigenvalue weighted by Crippen LogP contribution is 2.22. The molecule has 19 heavy (non-hydrogen) atoms. The van der Waals surface area contributed by atoms with E-state index in [1.54, 1.807) is 0 Å². The fourth-order valence-corrected chi connectivity index (χ4v) is 2.97. The molecule has 1 aromatic rings. The van der Waals surface area contributed by atoms with Crippen molar-refractivity contribution in [2.75, 3.05) is 13.1 Å². The maximum absolute atomic E-state index is 11.3. The van der Waals surface area contributed by atoms with E-state index in [9.17, 15) is 4.79 Å². The molecule has 2 N–H and O–H groups in total. The average molecular weight is 327 g/mol. The third kappa shape index (κ3) is 3.78. The van der Waals surface area contributed by atoms with Gasteiger partial charge in [0.05, 0.1) is 6.10 Å². The van der Waals surface area contributed by atoms with Gasteiger partial charge < -0.3 is 10.5 Å². The van der Waals surface area contributed by atoms with Crippen LogP contribution in [0.2, 0.25) is 0 Å². The number of hydrogen-bond acceptors (Lipinski definition) is 3. The van der Waals surface area contributed by atoms with Gasteiger partial charge in [-0.2, -0.15) is 0 Å². The van der Waals surface area contributed by atoms with Gasteiger partial charge in [-0.15, -0.1) is 0 Å². The van der Waals surface area contributed by atoms with Crippen LogP contribution in [0.25, 0.3) is 0 Å². The molecular formula is C14H19BrN2O2. The molecule has 104 valence electrons. The lowest BCUT2D eigenvalue weighted by Crippen LogP contribution is -2.51. The van der Waals surface area contributed by atoms with Gasteiger partial charge in [0.1, 0.15) is 6.10 Å². The number of aryl methyl sites for hydroxylation is 1. The Balaban J connectivity index is 2.07. The van der Waals surface area contributed by atoms with Crippen LogP contribution in [-0.4, -0.2) is 36.1 Å². The highest BCUT2D eigenvalue weighted by atomic mass is 79.9. The minimum Gasteiger partial charge on any atom is -0.367 e. The summed E-state index contributed by atoms with van der Waals surface area (Å²) >= 11 is 3.58. The molecule has 1 amide bonds. The summed E-state index contributed by atoms with van der Waals surface area (Å²) in [4.78, 5) is 13.5. The van der Waals surface area contributed by atoms with Crippen molar-refractivity contribution in [3.8, 4) is 0 Å². The van der Waals surface area contributed by atoms with Crippen LogP contribution in [0.4, 0.5) is 0 Å². The van der Waals surface area contributed by atoms with Crippen molar-refractivity contribution in [2.45, 2.75) is 32.6 Å². The van der Waals surface area contributed by atoms with Crippen molar-refractivity contribution in [3.05, 3.63) is 33.8 Å². The van der Waals surface area contributed by atoms with E-state index in [1.165, 1.54) is 11.1 Å². The number of halogens is 1. The predicted molar refractivity (Wildman–Crippen MR) is 77.7 cm³/mol. The summed E-state index contributed by atoms with van der Waals surface area (Å²) in [5.74, 6) is -0.389. The number of primary amides is 1. The van der Waals surface area contributed by atoms with Crippen LogP contribution < -0.4 is 5.73 Å². The molecule has 0 spiro atoms. The molecule has 1 aromatic carbocycles. The van der Waals surface area contributed by atoms with Crippen molar-refractivity contribution in [2.24, 2.45) is 5.73 Å². The highest BCUT2D eigenvalue weighted by Gasteiger charge is 2.28. The number of amides is 1. The number of nitrogens with zero attached hydrogens (tertiary/aromatic N) is 1. The zero-order valence-electron chi connectivity index (χ0n) is 11.2. The van der Waals surface area contributed by atoms with E-state index < -0.39 is 6.10 Å². The molecule has 4 nitrogen and oxygen atoms in total. The van der Waals surface area contributed by atoms with Crippen molar-refractivity contribution in [3.63, 3.8) is 0 Å². The highest BCUT2D eigenvalue weighted by molar-refractivity contribution is 9.10. The molecule has 2 atom stereocenters. The molecule has 0 saturated carbocycles. The van der Waals surface area contributed by atoms with Gasteiger partial charge in [0.2, 0.25) is 5.91 Å². The maximum atomic E-state index is 11.3. The van der Waals surface area contributed by atoms with Gasteiger partial charge in [-0.3, -0.25) is 9.69 Å². The van der Waals surface area contributed by atoms with Crippen molar-refractivity contribution in [1.29, 1.82) is 0 Å². The van der Waals surface area contributed by atoms with E-state index in [-0.39, 0.29) is 12.0 Å². The lowest BCUT2D eigenvalue weighted by Gasteiger charge is -2.35. The van der Waals surface area contributed by atoms with E-state index in [0.717, 1.165) is 17.6 Å². The largest absolute Gasteiger partial charge is 0.367 e. The summed E-state index contributed by atoms with van der Waals surface area (Å²) in [6.07, 6.45) is -0.483. The summed E-state index contributed by atoms with van der Waals surface area (Å²) in [5.41, 5.74) is 7.77. The zero-order chi connectivity index (χ0) is 14.0. The molecule has 0 unspecified atom stereocenters. The van der Waals surface area contributed by atoms with Crippen LogP contribution in [0.1, 0.15) is 18.1 Å². The van der Waals surface area contributed by atoms with Gasteiger partial charge in [-0.05, 0) is 31.0 Å². The van der Waals surface area contributed by atoms with Crippen LogP contribution in [0.3, 0.4) is 0 Å². The van der Waals surface area contributed by atoms with Crippen molar-refractivity contribution in [1.82, 2.24) is 4.90 Å². The van der Waals surface area contributed by atoms with Crippen LogP contribution in [0, 0.1) is 6.92 Å². The quantitative estimate of drug-likeness (QED) is 0.922. The Morgan fingerprint density at radius 2 is 2.26 bits per heavy atom. The van der Waals surface area contributed by atoms with Crippen molar-refractivity contribution >= 4 is 21.8 Å². The molecule has 5 heteroatoms. The second-order valence-corrected chi connectivity index (χ2v) is 5.98. The van der Waals surface area contributed by atoms with Gasteiger partial charge in [-0.1, -0.05) is 28.1 Å². The second kappa shape index (κ2) is 6.03. The van der Waals surface area contributed by atoms with Gasteiger partial charge >= 0.3 is 0 Å². The van der Waals surface area contributed by atoms with E-state index in [0.29, 0.717) is 6.54 Å². The van der Waals surface area contributed by atoms with E-state index >= 15 is 0 Å². The van der Waals surface area contributed by atoms with E-state index in [2.05, 4.69) is 46.0 Å². The summed E-state index contributed by atoms with van der Waals surface area (Å²) < 4.78 is 6.64. The summed E-state index contributed by atoms with van der Waals surface area (Å²) in [5, 5.41) is 0. The molecule has 0 aliphatic carbocycles. The Morgan fingerprint density at radius 1 is 1.53 bits per heavy atom. The number of hydrogen-bond donors (Lipinski definition) is 1. The normalized spacial score (nSPS) is 24.4. The first-order valence-corrected chi connectivity index (χ1v) is 7.17. The Hall–Kier alpha value is -0.910. The smallest absolute Gasteiger partial charge is 0.247 e. The molecule has 0 radical (unpaired) electrons. The third-order valence-electron chi connectivity index (χ3n) is 3.26. The lowest BCUT2D eigenvalue weighted by atomic mass is 10.1. The van der Waals surface area contributed by atoms with Crippen LogP contribution in [0.15, 0.2) is 22.7 Å². The van der Waals surface area contributed by atoms with Gasteiger partial charge in [0.25, 0.3) is 0 Å². The third-order valence-corrected chi connectivity index (χ3v) is 3.99. The molecule has 1 heterocycles. The van der Waals surface area contributed by atoms with Crippen LogP contribution in [0.5, 0.6) is 0 Å². The average Bonchev–Trinajstić information content (AvgIpc) is 2.32. The van der Waals surface area contributed by atoms with Crippen LogP contribution >= 0.6 is 15.9 Å². The number of benzene rings is 1. The summed E-state index contributed by atoms with van der Waals surface area (Å²) in [7, 11) is 0. The lowest BCUT2D eigenvalue weighted by molar-refractivity contribution is -0.142. The molecule has 1 fully saturated rings. The fraction of sp³-hybridized carbons (Fsp3) is 0.500. The number of carbonyl (C=O) groups excluding carboxylic acids is 1. The maximum Gasteiger partial charge on any atom is 0.247 e. The Kier molecular flexibility index (Phi) is 4.60. The van der Waals surface area contributed by atoms with Crippen LogP contribution in [-0.2, 0) is 16.1 Å².